The lowest BCUT2D eigenvalue weighted by atomic mass is 9.89. The van der Waals surface area contributed by atoms with Crippen molar-refractivity contribution in [2.75, 3.05) is 13.1 Å². The maximum atomic E-state index is 14.9. The quantitative estimate of drug-likeness (QED) is 0.468. The Hall–Kier alpha value is -2.46. The van der Waals surface area contributed by atoms with Gasteiger partial charge >= 0.3 is 0 Å². The standard InChI is InChI=1S/C24H24FIN4O2/c1-24(2)20-21(23(31)28-29-12-6-3-7-13-29)27-30(18-9-5-4-8-17(18)25)22(20)16-11-10-15(26)14-19(16)32-24/h4-5,8-11,14H,3,6-7,12-13H2,1-2H3,(H,28,31). The number of aromatic nitrogens is 2. The Morgan fingerprint density at radius 1 is 1.16 bits per heavy atom. The van der Waals surface area contributed by atoms with E-state index in [0.717, 1.165) is 35.1 Å². The molecular formula is C24H24FIN4O2. The normalized spacial score (nSPS) is 17.2. The minimum absolute atomic E-state index is 0.253. The fraction of sp³-hybridized carbons (Fsp3) is 0.333. The molecule has 5 rings (SSSR count). The molecule has 0 spiro atoms. The van der Waals surface area contributed by atoms with E-state index in [0.29, 0.717) is 22.7 Å². The molecule has 0 aliphatic carbocycles. The summed E-state index contributed by atoms with van der Waals surface area (Å²) in [6.07, 6.45) is 3.26. The highest BCUT2D eigenvalue weighted by molar-refractivity contribution is 14.1. The van der Waals surface area contributed by atoms with Crippen molar-refractivity contribution in [1.82, 2.24) is 20.2 Å². The smallest absolute Gasteiger partial charge is 0.286 e. The Balaban J connectivity index is 1.71. The molecule has 1 N–H and O–H groups in total. The molecule has 2 aliphatic rings. The molecule has 0 radical (unpaired) electrons. The zero-order valence-electron chi connectivity index (χ0n) is 18.0. The summed E-state index contributed by atoms with van der Waals surface area (Å²) < 4.78 is 23.8. The second-order valence-electron chi connectivity index (χ2n) is 8.68. The predicted molar refractivity (Wildman–Crippen MR) is 128 cm³/mol. The van der Waals surface area contributed by atoms with Crippen LogP contribution in [0.1, 0.15) is 49.2 Å². The van der Waals surface area contributed by atoms with Crippen molar-refractivity contribution in [3.8, 4) is 22.7 Å². The lowest BCUT2D eigenvalue weighted by Gasteiger charge is -2.34. The van der Waals surface area contributed by atoms with Crippen LogP contribution < -0.4 is 10.2 Å². The van der Waals surface area contributed by atoms with Gasteiger partial charge in [-0.2, -0.15) is 5.10 Å². The van der Waals surface area contributed by atoms with Crippen molar-refractivity contribution >= 4 is 28.5 Å². The lowest BCUT2D eigenvalue weighted by molar-refractivity contribution is 0.0720. The zero-order chi connectivity index (χ0) is 22.5. The highest BCUT2D eigenvalue weighted by atomic mass is 127. The van der Waals surface area contributed by atoms with Crippen LogP contribution in [0.15, 0.2) is 42.5 Å². The summed E-state index contributed by atoms with van der Waals surface area (Å²) in [5.74, 6) is -0.0177. The Morgan fingerprint density at radius 3 is 2.66 bits per heavy atom. The third-order valence-corrected chi connectivity index (χ3v) is 6.63. The number of hydrogen-bond donors (Lipinski definition) is 1. The zero-order valence-corrected chi connectivity index (χ0v) is 20.1. The molecule has 0 saturated carbocycles. The Labute approximate surface area is 199 Å². The number of para-hydroxylation sites is 1. The van der Waals surface area contributed by atoms with Gasteiger partial charge in [0.2, 0.25) is 0 Å². The summed E-state index contributed by atoms with van der Waals surface area (Å²) in [5, 5.41) is 6.60. The number of hydrogen-bond acceptors (Lipinski definition) is 4. The first-order valence-electron chi connectivity index (χ1n) is 10.8. The Kier molecular flexibility index (Phi) is 5.45. The summed E-state index contributed by atoms with van der Waals surface area (Å²) in [5.41, 5.74) is 4.85. The first-order chi connectivity index (χ1) is 15.3. The number of ether oxygens (including phenoxy) is 1. The molecule has 2 aliphatic heterocycles. The van der Waals surface area contributed by atoms with Crippen molar-refractivity contribution < 1.29 is 13.9 Å². The monoisotopic (exact) mass is 546 g/mol. The average molecular weight is 546 g/mol. The van der Waals surface area contributed by atoms with Gasteiger partial charge in [0, 0.05) is 22.2 Å². The lowest BCUT2D eigenvalue weighted by Crippen LogP contribution is -2.46. The van der Waals surface area contributed by atoms with Crippen LogP contribution in [0, 0.1) is 9.39 Å². The van der Waals surface area contributed by atoms with Gasteiger partial charge in [0.1, 0.15) is 22.9 Å². The van der Waals surface area contributed by atoms with E-state index >= 15 is 0 Å². The molecule has 1 aromatic heterocycles. The van der Waals surface area contributed by atoms with Crippen LogP contribution in [-0.4, -0.2) is 33.8 Å². The number of nitrogens with zero attached hydrogens (tertiary/aromatic N) is 3. The molecule has 0 atom stereocenters. The molecule has 1 fully saturated rings. The van der Waals surface area contributed by atoms with Gasteiger partial charge in [-0.25, -0.2) is 14.1 Å². The van der Waals surface area contributed by atoms with Gasteiger partial charge in [0.25, 0.3) is 5.91 Å². The van der Waals surface area contributed by atoms with Crippen molar-refractivity contribution in [1.29, 1.82) is 0 Å². The van der Waals surface area contributed by atoms with E-state index in [9.17, 15) is 9.18 Å². The molecule has 0 unspecified atom stereocenters. The van der Waals surface area contributed by atoms with E-state index in [1.165, 1.54) is 12.5 Å². The number of carbonyl (C=O) groups is 1. The molecule has 32 heavy (non-hydrogen) atoms. The summed E-state index contributed by atoms with van der Waals surface area (Å²) >= 11 is 2.24. The molecule has 1 amide bonds. The topological polar surface area (TPSA) is 59.4 Å². The molecule has 0 bridgehead atoms. The number of rotatable bonds is 3. The van der Waals surface area contributed by atoms with Gasteiger partial charge in [-0.05, 0) is 79.6 Å². The molecule has 166 valence electrons. The number of amides is 1. The third kappa shape index (κ3) is 3.69. The van der Waals surface area contributed by atoms with E-state index < -0.39 is 11.4 Å². The molecular weight excluding hydrogens is 522 g/mol. The largest absolute Gasteiger partial charge is 0.482 e. The van der Waals surface area contributed by atoms with Gasteiger partial charge in [-0.1, -0.05) is 18.6 Å². The first kappa shape index (κ1) is 21.4. The maximum Gasteiger partial charge on any atom is 0.286 e. The van der Waals surface area contributed by atoms with E-state index in [2.05, 4.69) is 33.1 Å². The number of benzene rings is 2. The van der Waals surface area contributed by atoms with E-state index in [1.54, 1.807) is 22.9 Å². The SMILES string of the molecule is CC1(C)Oc2cc(I)ccc2-c2c1c(C(=O)NN1CCCCC1)nn2-c1ccccc1F. The van der Waals surface area contributed by atoms with E-state index in [4.69, 9.17) is 4.74 Å². The number of carbonyl (C=O) groups excluding carboxylic acids is 1. The van der Waals surface area contributed by atoms with E-state index in [1.807, 2.05) is 37.1 Å². The minimum Gasteiger partial charge on any atom is -0.482 e. The van der Waals surface area contributed by atoms with Crippen LogP contribution in [0.4, 0.5) is 4.39 Å². The summed E-state index contributed by atoms with van der Waals surface area (Å²) in [7, 11) is 0. The second-order valence-corrected chi connectivity index (χ2v) is 9.92. The van der Waals surface area contributed by atoms with Gasteiger partial charge < -0.3 is 4.74 Å². The van der Waals surface area contributed by atoms with Crippen LogP contribution in [0.3, 0.4) is 0 Å². The van der Waals surface area contributed by atoms with Crippen LogP contribution in [-0.2, 0) is 5.60 Å². The number of nitrogens with one attached hydrogen (secondary N) is 1. The molecule has 3 aromatic rings. The van der Waals surface area contributed by atoms with Crippen LogP contribution in [0.25, 0.3) is 16.9 Å². The van der Waals surface area contributed by atoms with Crippen molar-refractivity contribution in [3.63, 3.8) is 0 Å². The number of halogens is 2. The van der Waals surface area contributed by atoms with Crippen molar-refractivity contribution in [2.45, 2.75) is 38.7 Å². The number of hydrazine groups is 1. The van der Waals surface area contributed by atoms with Crippen LogP contribution >= 0.6 is 22.6 Å². The summed E-state index contributed by atoms with van der Waals surface area (Å²) in [6, 6.07) is 12.3. The van der Waals surface area contributed by atoms with Crippen LogP contribution in [0.5, 0.6) is 5.75 Å². The summed E-state index contributed by atoms with van der Waals surface area (Å²) in [4.78, 5) is 13.4. The average Bonchev–Trinajstić information content (AvgIpc) is 3.16. The fourth-order valence-electron chi connectivity index (χ4n) is 4.50. The van der Waals surface area contributed by atoms with Crippen molar-refractivity contribution in [2.24, 2.45) is 0 Å². The number of fused-ring (bicyclic) bond motifs is 3. The van der Waals surface area contributed by atoms with Crippen molar-refractivity contribution in [3.05, 3.63) is 63.1 Å². The summed E-state index contributed by atoms with van der Waals surface area (Å²) in [6.45, 7) is 5.45. The van der Waals surface area contributed by atoms with Gasteiger partial charge in [0.15, 0.2) is 5.69 Å². The second kappa shape index (κ2) is 8.15. The first-order valence-corrected chi connectivity index (χ1v) is 11.9. The maximum absolute atomic E-state index is 14.9. The Morgan fingerprint density at radius 2 is 1.91 bits per heavy atom. The number of piperidine rings is 1. The third-order valence-electron chi connectivity index (χ3n) is 5.96. The molecule has 2 aromatic carbocycles. The minimum atomic E-state index is -0.829. The highest BCUT2D eigenvalue weighted by Crippen LogP contribution is 2.47. The predicted octanol–water partition coefficient (Wildman–Crippen LogP) is 5.04. The van der Waals surface area contributed by atoms with Gasteiger partial charge in [0.05, 0.1) is 11.3 Å². The Bertz CT molecular complexity index is 1200. The van der Waals surface area contributed by atoms with Gasteiger partial charge in [-0.15, -0.1) is 0 Å². The fourth-order valence-corrected chi connectivity index (χ4v) is 4.96. The molecule has 3 heterocycles. The highest BCUT2D eigenvalue weighted by Gasteiger charge is 2.41. The molecule has 8 heteroatoms. The van der Waals surface area contributed by atoms with Gasteiger partial charge in [-0.3, -0.25) is 10.2 Å². The van der Waals surface area contributed by atoms with Crippen LogP contribution in [0.2, 0.25) is 0 Å². The molecule has 1 saturated heterocycles. The molecule has 6 nitrogen and oxygen atoms in total. The van der Waals surface area contributed by atoms with E-state index in [-0.39, 0.29) is 11.6 Å².